The number of methoxy groups -OCH3 is 1. The number of halogens is 1. The number of sulfonamides is 1. The summed E-state index contributed by atoms with van der Waals surface area (Å²) in [7, 11) is -2.61. The quantitative estimate of drug-likeness (QED) is 0.319. The molecule has 0 aliphatic rings. The average molecular weight is 586 g/mol. The van der Waals surface area contributed by atoms with E-state index >= 15 is 0 Å². The molecule has 0 radical (unpaired) electrons. The topological polar surface area (TPSA) is 96.0 Å². The molecule has 1 atom stereocenters. The van der Waals surface area contributed by atoms with Gasteiger partial charge in [0.25, 0.3) is 10.0 Å². The molecule has 3 aromatic rings. The Morgan fingerprint density at radius 2 is 1.73 bits per heavy atom. The van der Waals surface area contributed by atoms with Gasteiger partial charge in [0.15, 0.2) is 0 Å². The molecule has 0 aliphatic carbocycles. The molecule has 8 nitrogen and oxygen atoms in total. The summed E-state index contributed by atoms with van der Waals surface area (Å²) in [6.45, 7) is 7.19. The van der Waals surface area contributed by atoms with Gasteiger partial charge in [-0.1, -0.05) is 48.4 Å². The fourth-order valence-corrected chi connectivity index (χ4v) is 5.90. The van der Waals surface area contributed by atoms with Crippen molar-refractivity contribution in [1.29, 1.82) is 0 Å². The number of rotatable bonds is 12. The first-order valence-electron chi connectivity index (χ1n) is 13.0. The van der Waals surface area contributed by atoms with Crippen LogP contribution in [-0.2, 0) is 26.2 Å². The Morgan fingerprint density at radius 3 is 2.35 bits per heavy atom. The number of carbonyl (C=O) groups excluding carboxylic acids is 2. The van der Waals surface area contributed by atoms with Gasteiger partial charge in [-0.05, 0) is 80.8 Å². The monoisotopic (exact) mass is 585 g/mol. The Bertz CT molecular complexity index is 1440. The fraction of sp³-hybridized carbons (Fsp3) is 0.333. The van der Waals surface area contributed by atoms with Crippen LogP contribution in [0.4, 0.5) is 5.69 Å². The van der Waals surface area contributed by atoms with Crippen LogP contribution < -0.4 is 14.4 Å². The van der Waals surface area contributed by atoms with Crippen LogP contribution in [0.15, 0.2) is 71.6 Å². The van der Waals surface area contributed by atoms with E-state index in [1.165, 1.54) is 17.0 Å². The molecule has 0 aliphatic heterocycles. The molecule has 0 unspecified atom stereocenters. The Balaban J connectivity index is 2.06. The fourth-order valence-electron chi connectivity index (χ4n) is 4.20. The molecule has 0 saturated carbocycles. The van der Waals surface area contributed by atoms with E-state index in [4.69, 9.17) is 16.3 Å². The summed E-state index contributed by atoms with van der Waals surface area (Å²) in [4.78, 5) is 28.4. The molecular weight excluding hydrogens is 550 g/mol. The molecular formula is C30H36ClN3O5S. The Morgan fingerprint density at radius 1 is 1.02 bits per heavy atom. The predicted octanol–water partition coefficient (Wildman–Crippen LogP) is 5.10. The SMILES string of the molecule is CCCNC(=O)[C@H](C)N(Cc1cccc(OC)c1)C(=O)CN(c1ccc(Cl)cc1C)S(=O)(=O)c1ccc(C)cc1. The summed E-state index contributed by atoms with van der Waals surface area (Å²) >= 11 is 6.16. The number of nitrogens with one attached hydrogen (secondary N) is 1. The van der Waals surface area contributed by atoms with Gasteiger partial charge in [-0.25, -0.2) is 8.42 Å². The minimum Gasteiger partial charge on any atom is -0.497 e. The highest BCUT2D eigenvalue weighted by atomic mass is 35.5. The highest BCUT2D eigenvalue weighted by Crippen LogP contribution is 2.29. The number of benzene rings is 3. The third-order valence-electron chi connectivity index (χ3n) is 6.52. The number of hydrogen-bond acceptors (Lipinski definition) is 5. The standard InChI is InChI=1S/C30H36ClN3O5S/c1-6-16-32-30(36)23(4)33(19-24-8-7-9-26(18-24)39-5)29(35)20-34(28-15-12-25(31)17-22(28)3)40(37,38)27-13-10-21(2)11-14-27/h7-15,17-18,23H,6,16,19-20H2,1-5H3,(H,32,36)/t23-/m0/s1. The molecule has 10 heteroatoms. The minimum absolute atomic E-state index is 0.0494. The van der Waals surface area contributed by atoms with Crippen molar-refractivity contribution in [2.45, 2.75) is 51.6 Å². The van der Waals surface area contributed by atoms with Crippen molar-refractivity contribution in [1.82, 2.24) is 10.2 Å². The van der Waals surface area contributed by atoms with Gasteiger partial charge >= 0.3 is 0 Å². The van der Waals surface area contributed by atoms with Gasteiger partial charge in [-0.3, -0.25) is 13.9 Å². The molecule has 0 fully saturated rings. The number of hydrogen-bond donors (Lipinski definition) is 1. The van der Waals surface area contributed by atoms with Crippen molar-refractivity contribution >= 4 is 39.1 Å². The first-order valence-corrected chi connectivity index (χ1v) is 14.9. The summed E-state index contributed by atoms with van der Waals surface area (Å²) < 4.78 is 34.3. The lowest BCUT2D eigenvalue weighted by atomic mass is 10.1. The summed E-state index contributed by atoms with van der Waals surface area (Å²) in [5, 5.41) is 3.28. The predicted molar refractivity (Wildman–Crippen MR) is 158 cm³/mol. The van der Waals surface area contributed by atoms with Gasteiger partial charge in [0.05, 0.1) is 17.7 Å². The lowest BCUT2D eigenvalue weighted by Gasteiger charge is -2.32. The third-order valence-corrected chi connectivity index (χ3v) is 8.53. The summed E-state index contributed by atoms with van der Waals surface area (Å²) in [6, 6.07) is 17.6. The molecule has 0 aromatic heterocycles. The second kappa shape index (κ2) is 13.7. The maximum Gasteiger partial charge on any atom is 0.264 e. The lowest BCUT2D eigenvalue weighted by Crippen LogP contribution is -2.51. The molecule has 40 heavy (non-hydrogen) atoms. The number of anilines is 1. The highest BCUT2D eigenvalue weighted by molar-refractivity contribution is 7.92. The van der Waals surface area contributed by atoms with Gasteiger partial charge in [-0.2, -0.15) is 0 Å². The average Bonchev–Trinajstić information content (AvgIpc) is 2.93. The Labute approximate surface area is 241 Å². The number of amides is 2. The van der Waals surface area contributed by atoms with E-state index in [1.54, 1.807) is 69.5 Å². The Hall–Kier alpha value is -3.56. The van der Waals surface area contributed by atoms with Crippen LogP contribution in [0.2, 0.25) is 5.02 Å². The molecule has 0 heterocycles. The van der Waals surface area contributed by atoms with Crippen LogP contribution in [0.25, 0.3) is 0 Å². The van der Waals surface area contributed by atoms with Gasteiger partial charge in [0.2, 0.25) is 11.8 Å². The zero-order chi connectivity index (χ0) is 29.4. The zero-order valence-electron chi connectivity index (χ0n) is 23.5. The number of nitrogens with zero attached hydrogens (tertiary/aromatic N) is 2. The van der Waals surface area contributed by atoms with Crippen LogP contribution in [0.3, 0.4) is 0 Å². The van der Waals surface area contributed by atoms with Crippen molar-refractivity contribution in [3.8, 4) is 5.75 Å². The lowest BCUT2D eigenvalue weighted by molar-refractivity contribution is -0.139. The van der Waals surface area contributed by atoms with Crippen LogP contribution >= 0.6 is 11.6 Å². The largest absolute Gasteiger partial charge is 0.497 e. The van der Waals surface area contributed by atoms with Crippen LogP contribution in [0.1, 0.15) is 37.0 Å². The van der Waals surface area contributed by atoms with Crippen molar-refractivity contribution < 1.29 is 22.7 Å². The van der Waals surface area contributed by atoms with E-state index in [1.807, 2.05) is 19.9 Å². The molecule has 3 rings (SSSR count). The van der Waals surface area contributed by atoms with Crippen molar-refractivity contribution in [2.24, 2.45) is 0 Å². The Kier molecular flexibility index (Phi) is 10.6. The second-order valence-electron chi connectivity index (χ2n) is 9.60. The maximum absolute atomic E-state index is 14.0. The smallest absolute Gasteiger partial charge is 0.264 e. The van der Waals surface area contributed by atoms with Gasteiger partial charge in [0, 0.05) is 18.1 Å². The normalized spacial score (nSPS) is 11.9. The van der Waals surface area contributed by atoms with Crippen LogP contribution in [0.5, 0.6) is 5.75 Å². The van der Waals surface area contributed by atoms with E-state index in [9.17, 15) is 18.0 Å². The van der Waals surface area contributed by atoms with Gasteiger partial charge < -0.3 is 15.0 Å². The molecule has 0 bridgehead atoms. The number of ether oxygens (including phenoxy) is 1. The summed E-state index contributed by atoms with van der Waals surface area (Å²) in [6.07, 6.45) is 0.737. The van der Waals surface area contributed by atoms with Gasteiger partial charge in [-0.15, -0.1) is 0 Å². The van der Waals surface area contributed by atoms with E-state index in [2.05, 4.69) is 5.32 Å². The molecule has 3 aromatic carbocycles. The van der Waals surface area contributed by atoms with E-state index in [-0.39, 0.29) is 17.3 Å². The molecule has 2 amide bonds. The second-order valence-corrected chi connectivity index (χ2v) is 11.9. The van der Waals surface area contributed by atoms with Crippen LogP contribution in [-0.4, -0.2) is 51.4 Å². The van der Waals surface area contributed by atoms with E-state index < -0.39 is 28.5 Å². The molecule has 1 N–H and O–H groups in total. The summed E-state index contributed by atoms with van der Waals surface area (Å²) in [5.41, 5.74) is 2.55. The van der Waals surface area contributed by atoms with E-state index in [0.717, 1.165) is 21.9 Å². The first-order chi connectivity index (χ1) is 19.0. The zero-order valence-corrected chi connectivity index (χ0v) is 25.1. The number of aryl methyl sites for hydroxylation is 2. The maximum atomic E-state index is 14.0. The first kappa shape index (κ1) is 31.0. The van der Waals surface area contributed by atoms with E-state index in [0.29, 0.717) is 28.6 Å². The molecule has 0 spiro atoms. The highest BCUT2D eigenvalue weighted by Gasteiger charge is 2.33. The van der Waals surface area contributed by atoms with Crippen molar-refractivity contribution in [2.75, 3.05) is 24.5 Å². The van der Waals surface area contributed by atoms with Gasteiger partial charge in [0.1, 0.15) is 18.3 Å². The third kappa shape index (κ3) is 7.55. The molecule has 0 saturated heterocycles. The number of carbonyl (C=O) groups is 2. The summed E-state index contributed by atoms with van der Waals surface area (Å²) in [5.74, 6) is -0.255. The minimum atomic E-state index is -4.16. The molecule has 214 valence electrons. The van der Waals surface area contributed by atoms with Crippen molar-refractivity contribution in [3.05, 3.63) is 88.4 Å². The van der Waals surface area contributed by atoms with Crippen molar-refractivity contribution in [3.63, 3.8) is 0 Å². The van der Waals surface area contributed by atoms with Crippen LogP contribution in [0, 0.1) is 13.8 Å².